The maximum absolute atomic E-state index is 12.1. The molecule has 0 atom stereocenters. The van der Waals surface area contributed by atoms with E-state index in [-0.39, 0.29) is 11.7 Å². The van der Waals surface area contributed by atoms with Crippen molar-refractivity contribution in [2.45, 2.75) is 36.8 Å². The van der Waals surface area contributed by atoms with Gasteiger partial charge in [0.15, 0.2) is 0 Å². The van der Waals surface area contributed by atoms with Crippen molar-refractivity contribution in [2.75, 3.05) is 11.1 Å². The molecular formula is C15H17ClN4OS. The number of halogens is 1. The standard InChI is InChI=1S/C15H17ClN4OS/c16-12-6-3-8-17-15(12)22-10-14(21)19-13-7-9-18-20(13)11-4-1-2-5-11/h3,6-9,11H,1-2,4-5,10H2,(H,19,21). The van der Waals surface area contributed by atoms with Gasteiger partial charge >= 0.3 is 0 Å². The quantitative estimate of drug-likeness (QED) is 0.844. The molecule has 2 heterocycles. The third-order valence-electron chi connectivity index (χ3n) is 3.67. The summed E-state index contributed by atoms with van der Waals surface area (Å²) in [7, 11) is 0. The van der Waals surface area contributed by atoms with Crippen LogP contribution in [0.25, 0.3) is 0 Å². The SMILES string of the molecule is O=C(CSc1ncccc1Cl)Nc1ccnn1C1CCCC1. The number of carbonyl (C=O) groups excluding carboxylic acids is 1. The Labute approximate surface area is 138 Å². The first-order chi connectivity index (χ1) is 10.7. The highest BCUT2D eigenvalue weighted by molar-refractivity contribution is 8.00. The zero-order valence-electron chi connectivity index (χ0n) is 12.0. The Morgan fingerprint density at radius 1 is 1.36 bits per heavy atom. The molecule has 3 rings (SSSR count). The van der Waals surface area contributed by atoms with Gasteiger partial charge in [0.2, 0.25) is 5.91 Å². The first-order valence-corrected chi connectivity index (χ1v) is 8.67. The molecule has 0 saturated heterocycles. The van der Waals surface area contributed by atoms with Crippen molar-refractivity contribution < 1.29 is 4.79 Å². The number of rotatable bonds is 5. The third-order valence-corrected chi connectivity index (χ3v) is 5.10. The van der Waals surface area contributed by atoms with E-state index in [1.807, 2.05) is 10.7 Å². The Hall–Kier alpha value is -1.53. The Bertz CT molecular complexity index is 654. The fourth-order valence-electron chi connectivity index (χ4n) is 2.64. The van der Waals surface area contributed by atoms with E-state index in [1.54, 1.807) is 24.5 Å². The lowest BCUT2D eigenvalue weighted by atomic mass is 10.2. The van der Waals surface area contributed by atoms with Crippen LogP contribution in [0.5, 0.6) is 0 Å². The summed E-state index contributed by atoms with van der Waals surface area (Å²) in [5.41, 5.74) is 0. The molecule has 0 bridgehead atoms. The molecule has 5 nitrogen and oxygen atoms in total. The predicted octanol–water partition coefficient (Wildman–Crippen LogP) is 3.78. The van der Waals surface area contributed by atoms with Gasteiger partial charge in [-0.05, 0) is 25.0 Å². The monoisotopic (exact) mass is 336 g/mol. The first-order valence-electron chi connectivity index (χ1n) is 7.31. The molecule has 1 aliphatic carbocycles. The van der Waals surface area contributed by atoms with Crippen molar-refractivity contribution >= 4 is 35.1 Å². The van der Waals surface area contributed by atoms with Crippen LogP contribution in [0.15, 0.2) is 35.6 Å². The summed E-state index contributed by atoms with van der Waals surface area (Å²) in [6.07, 6.45) is 8.11. The van der Waals surface area contributed by atoms with E-state index >= 15 is 0 Å². The van der Waals surface area contributed by atoms with Gasteiger partial charge in [-0.25, -0.2) is 9.67 Å². The fraction of sp³-hybridized carbons (Fsp3) is 0.400. The van der Waals surface area contributed by atoms with Gasteiger partial charge in [0.25, 0.3) is 0 Å². The molecule has 2 aromatic heterocycles. The van der Waals surface area contributed by atoms with E-state index < -0.39 is 0 Å². The van der Waals surface area contributed by atoms with E-state index in [0.717, 1.165) is 18.7 Å². The highest BCUT2D eigenvalue weighted by Gasteiger charge is 2.20. The van der Waals surface area contributed by atoms with Crippen LogP contribution in [-0.4, -0.2) is 26.4 Å². The number of thioether (sulfide) groups is 1. The molecule has 0 aliphatic heterocycles. The number of hydrogen-bond acceptors (Lipinski definition) is 4. The molecule has 1 amide bonds. The van der Waals surface area contributed by atoms with Crippen LogP contribution in [0, 0.1) is 0 Å². The number of nitrogens with one attached hydrogen (secondary N) is 1. The van der Waals surface area contributed by atoms with Crippen LogP contribution in [0.2, 0.25) is 5.02 Å². The molecule has 0 unspecified atom stereocenters. The van der Waals surface area contributed by atoms with Crippen molar-refractivity contribution in [1.29, 1.82) is 0 Å². The number of anilines is 1. The predicted molar refractivity (Wildman–Crippen MR) is 88.3 cm³/mol. The second-order valence-electron chi connectivity index (χ2n) is 5.23. The normalized spacial score (nSPS) is 15.1. The van der Waals surface area contributed by atoms with Crippen LogP contribution in [0.1, 0.15) is 31.7 Å². The van der Waals surface area contributed by atoms with Gasteiger partial charge in [-0.3, -0.25) is 4.79 Å². The van der Waals surface area contributed by atoms with E-state index in [4.69, 9.17) is 11.6 Å². The topological polar surface area (TPSA) is 59.8 Å². The molecule has 0 spiro atoms. The smallest absolute Gasteiger partial charge is 0.235 e. The van der Waals surface area contributed by atoms with E-state index in [9.17, 15) is 4.79 Å². The van der Waals surface area contributed by atoms with Crippen molar-refractivity contribution in [3.8, 4) is 0 Å². The highest BCUT2D eigenvalue weighted by Crippen LogP contribution is 2.31. The van der Waals surface area contributed by atoms with Crippen LogP contribution in [-0.2, 0) is 4.79 Å². The minimum atomic E-state index is -0.0773. The fourth-order valence-corrected chi connectivity index (χ4v) is 3.61. The molecule has 1 aliphatic rings. The molecule has 7 heteroatoms. The summed E-state index contributed by atoms with van der Waals surface area (Å²) >= 11 is 7.36. The lowest BCUT2D eigenvalue weighted by molar-refractivity contribution is -0.113. The van der Waals surface area contributed by atoms with Gasteiger partial charge in [-0.2, -0.15) is 5.10 Å². The maximum Gasteiger partial charge on any atom is 0.235 e. The number of aromatic nitrogens is 3. The number of amides is 1. The summed E-state index contributed by atoms with van der Waals surface area (Å²) in [5, 5.41) is 8.51. The average Bonchev–Trinajstić information content (AvgIpc) is 3.17. The number of hydrogen-bond donors (Lipinski definition) is 1. The van der Waals surface area contributed by atoms with Crippen molar-refractivity contribution in [3.63, 3.8) is 0 Å². The number of nitrogens with zero attached hydrogens (tertiary/aromatic N) is 3. The zero-order chi connectivity index (χ0) is 15.4. The first kappa shape index (κ1) is 15.4. The summed E-state index contributed by atoms with van der Waals surface area (Å²) in [6.45, 7) is 0. The van der Waals surface area contributed by atoms with Gasteiger partial charge in [0.1, 0.15) is 10.8 Å². The molecule has 116 valence electrons. The van der Waals surface area contributed by atoms with E-state index in [1.165, 1.54) is 24.6 Å². The zero-order valence-corrected chi connectivity index (χ0v) is 13.6. The second kappa shape index (κ2) is 7.15. The van der Waals surface area contributed by atoms with E-state index in [2.05, 4.69) is 15.4 Å². The lowest BCUT2D eigenvalue weighted by Crippen LogP contribution is -2.19. The van der Waals surface area contributed by atoms with Gasteiger partial charge in [-0.15, -0.1) is 0 Å². The summed E-state index contributed by atoms with van der Waals surface area (Å²) < 4.78 is 1.93. The summed E-state index contributed by atoms with van der Waals surface area (Å²) in [5.74, 6) is 0.961. The average molecular weight is 337 g/mol. The maximum atomic E-state index is 12.1. The van der Waals surface area contributed by atoms with Gasteiger partial charge in [0, 0.05) is 12.3 Å². The van der Waals surface area contributed by atoms with Crippen LogP contribution >= 0.6 is 23.4 Å². The summed E-state index contributed by atoms with van der Waals surface area (Å²) in [6, 6.07) is 5.79. The van der Waals surface area contributed by atoms with Crippen molar-refractivity contribution in [1.82, 2.24) is 14.8 Å². The lowest BCUT2D eigenvalue weighted by Gasteiger charge is -2.14. The van der Waals surface area contributed by atoms with Crippen LogP contribution in [0.4, 0.5) is 5.82 Å². The Morgan fingerprint density at radius 2 is 2.18 bits per heavy atom. The van der Waals surface area contributed by atoms with Crippen molar-refractivity contribution in [2.24, 2.45) is 0 Å². The molecule has 0 radical (unpaired) electrons. The second-order valence-corrected chi connectivity index (χ2v) is 6.60. The van der Waals surface area contributed by atoms with Gasteiger partial charge in [0.05, 0.1) is 23.0 Å². The number of carbonyl (C=O) groups is 1. The van der Waals surface area contributed by atoms with Crippen molar-refractivity contribution in [3.05, 3.63) is 35.6 Å². The molecular weight excluding hydrogens is 320 g/mol. The molecule has 1 saturated carbocycles. The largest absolute Gasteiger partial charge is 0.310 e. The minimum absolute atomic E-state index is 0.0773. The van der Waals surface area contributed by atoms with Crippen LogP contribution in [0.3, 0.4) is 0 Å². The molecule has 1 fully saturated rings. The van der Waals surface area contributed by atoms with Crippen LogP contribution < -0.4 is 5.32 Å². The summed E-state index contributed by atoms with van der Waals surface area (Å²) in [4.78, 5) is 16.3. The molecule has 2 aromatic rings. The number of pyridine rings is 1. The van der Waals surface area contributed by atoms with Gasteiger partial charge in [-0.1, -0.05) is 36.2 Å². The Balaban J connectivity index is 1.58. The Kier molecular flexibility index (Phi) is 5.00. The third kappa shape index (κ3) is 3.62. The molecule has 22 heavy (non-hydrogen) atoms. The highest BCUT2D eigenvalue weighted by atomic mass is 35.5. The molecule has 1 N–H and O–H groups in total. The minimum Gasteiger partial charge on any atom is -0.310 e. The van der Waals surface area contributed by atoms with Gasteiger partial charge < -0.3 is 5.32 Å². The van der Waals surface area contributed by atoms with E-state index in [0.29, 0.717) is 16.1 Å². The molecule has 0 aromatic carbocycles. The Morgan fingerprint density at radius 3 is 2.95 bits per heavy atom.